The molecule has 2 heterocycles. The number of carbonyl (C=O) groups is 1. The molecule has 0 aliphatic heterocycles. The van der Waals surface area contributed by atoms with Crippen molar-refractivity contribution in [3.8, 4) is 5.75 Å². The van der Waals surface area contributed by atoms with Crippen molar-refractivity contribution < 1.29 is 14.6 Å². The number of carboxylic acids is 1. The van der Waals surface area contributed by atoms with Gasteiger partial charge in [0.1, 0.15) is 17.3 Å². The molecule has 0 spiro atoms. The highest BCUT2D eigenvalue weighted by Gasteiger charge is 2.14. The minimum Gasteiger partial charge on any atom is -0.497 e. The Morgan fingerprint density at radius 1 is 1.19 bits per heavy atom. The minimum atomic E-state index is -1.00. The summed E-state index contributed by atoms with van der Waals surface area (Å²) in [5, 5.41) is 17.4. The fourth-order valence-electron chi connectivity index (χ4n) is 2.21. The number of hydrogen-bond donors (Lipinski definition) is 1. The van der Waals surface area contributed by atoms with Crippen LogP contribution in [0.2, 0.25) is 0 Å². The van der Waals surface area contributed by atoms with Crippen molar-refractivity contribution >= 4 is 11.6 Å². The summed E-state index contributed by atoms with van der Waals surface area (Å²) in [6.07, 6.45) is 0.495. The second-order valence-electron chi connectivity index (χ2n) is 4.55. The van der Waals surface area contributed by atoms with Crippen LogP contribution in [0.5, 0.6) is 5.75 Å². The summed E-state index contributed by atoms with van der Waals surface area (Å²) in [4.78, 5) is 11.3. The normalized spacial score (nSPS) is 10.7. The fourth-order valence-corrected chi connectivity index (χ4v) is 2.21. The van der Waals surface area contributed by atoms with Crippen LogP contribution in [0, 0.1) is 0 Å². The van der Waals surface area contributed by atoms with E-state index in [4.69, 9.17) is 4.74 Å². The molecule has 0 bridgehead atoms. The smallest absolute Gasteiger partial charge is 0.352 e. The summed E-state index contributed by atoms with van der Waals surface area (Å²) in [6, 6.07) is 12.5. The molecule has 0 radical (unpaired) electrons. The maximum atomic E-state index is 11.3. The highest BCUT2D eigenvalue weighted by molar-refractivity contribution is 5.86. The van der Waals surface area contributed by atoms with Crippen LogP contribution in [0.25, 0.3) is 5.65 Å². The van der Waals surface area contributed by atoms with E-state index < -0.39 is 5.97 Å². The third-order valence-corrected chi connectivity index (χ3v) is 3.24. The van der Waals surface area contributed by atoms with E-state index in [9.17, 15) is 9.90 Å². The van der Waals surface area contributed by atoms with Gasteiger partial charge in [0.05, 0.1) is 7.11 Å². The van der Waals surface area contributed by atoms with E-state index >= 15 is 0 Å². The first-order valence-corrected chi connectivity index (χ1v) is 6.38. The first kappa shape index (κ1) is 13.1. The van der Waals surface area contributed by atoms with Crippen molar-refractivity contribution in [3.05, 3.63) is 59.5 Å². The van der Waals surface area contributed by atoms with E-state index in [0.29, 0.717) is 17.9 Å². The molecule has 1 N–H and O–H groups in total. The molecule has 3 rings (SSSR count). The first-order valence-electron chi connectivity index (χ1n) is 6.38. The Bertz CT molecular complexity index is 794. The number of nitrogens with zero attached hydrogens (tertiary/aromatic N) is 3. The zero-order valence-electron chi connectivity index (χ0n) is 11.4. The summed E-state index contributed by atoms with van der Waals surface area (Å²) in [7, 11) is 1.61. The molecule has 0 atom stereocenters. The van der Waals surface area contributed by atoms with Crippen molar-refractivity contribution in [2.24, 2.45) is 0 Å². The summed E-state index contributed by atoms with van der Waals surface area (Å²) in [5.74, 6) is 0.362. The van der Waals surface area contributed by atoms with Gasteiger partial charge in [-0.15, -0.1) is 10.2 Å². The van der Waals surface area contributed by atoms with E-state index in [1.165, 1.54) is 6.07 Å². The highest BCUT2D eigenvalue weighted by atomic mass is 16.5. The van der Waals surface area contributed by atoms with Gasteiger partial charge in [0, 0.05) is 6.42 Å². The third-order valence-electron chi connectivity index (χ3n) is 3.24. The van der Waals surface area contributed by atoms with Gasteiger partial charge in [0.15, 0.2) is 5.65 Å². The lowest BCUT2D eigenvalue weighted by Gasteiger charge is -2.05. The SMILES string of the molecule is COc1ccc(Cc2nnc3cccc(C(=O)O)n23)cc1. The van der Waals surface area contributed by atoms with Crippen molar-refractivity contribution in [2.45, 2.75) is 6.42 Å². The van der Waals surface area contributed by atoms with Crippen LogP contribution in [-0.2, 0) is 6.42 Å². The molecule has 6 heteroatoms. The monoisotopic (exact) mass is 283 g/mol. The second-order valence-corrected chi connectivity index (χ2v) is 4.55. The lowest BCUT2D eigenvalue weighted by Crippen LogP contribution is -2.08. The van der Waals surface area contributed by atoms with Crippen LogP contribution >= 0.6 is 0 Å². The zero-order chi connectivity index (χ0) is 14.8. The van der Waals surface area contributed by atoms with E-state index in [1.54, 1.807) is 23.6 Å². The second kappa shape index (κ2) is 5.24. The molecule has 3 aromatic rings. The molecule has 0 saturated heterocycles. The number of aromatic nitrogens is 3. The molecule has 21 heavy (non-hydrogen) atoms. The number of fused-ring (bicyclic) bond motifs is 1. The number of aromatic carboxylic acids is 1. The standard InChI is InChI=1S/C15H13N3O3/c1-21-11-7-5-10(6-8-11)9-14-17-16-13-4-2-3-12(15(19)20)18(13)14/h2-8H,9H2,1H3,(H,19,20). The lowest BCUT2D eigenvalue weighted by atomic mass is 10.1. The molecule has 0 aliphatic rings. The van der Waals surface area contributed by atoms with Crippen molar-refractivity contribution in [1.29, 1.82) is 0 Å². The Hall–Kier alpha value is -2.89. The van der Waals surface area contributed by atoms with Gasteiger partial charge in [-0.25, -0.2) is 4.79 Å². The van der Waals surface area contributed by atoms with Gasteiger partial charge in [-0.3, -0.25) is 4.40 Å². The van der Waals surface area contributed by atoms with Gasteiger partial charge in [0.25, 0.3) is 0 Å². The van der Waals surface area contributed by atoms with E-state index in [2.05, 4.69) is 10.2 Å². The molecular weight excluding hydrogens is 270 g/mol. The molecule has 0 fully saturated rings. The van der Waals surface area contributed by atoms with Crippen LogP contribution in [0.1, 0.15) is 21.9 Å². The van der Waals surface area contributed by atoms with Crippen LogP contribution < -0.4 is 4.74 Å². The van der Waals surface area contributed by atoms with Gasteiger partial charge < -0.3 is 9.84 Å². The van der Waals surface area contributed by atoms with E-state index in [1.807, 2.05) is 24.3 Å². The Morgan fingerprint density at radius 3 is 2.62 bits per heavy atom. The average Bonchev–Trinajstić information content (AvgIpc) is 2.91. The molecule has 6 nitrogen and oxygen atoms in total. The molecular formula is C15H13N3O3. The maximum absolute atomic E-state index is 11.3. The van der Waals surface area contributed by atoms with Gasteiger partial charge in [-0.2, -0.15) is 0 Å². The Morgan fingerprint density at radius 2 is 1.95 bits per heavy atom. The van der Waals surface area contributed by atoms with Gasteiger partial charge in [-0.1, -0.05) is 18.2 Å². The number of pyridine rings is 1. The molecule has 106 valence electrons. The summed E-state index contributed by atoms with van der Waals surface area (Å²) < 4.78 is 6.68. The molecule has 0 saturated carbocycles. The van der Waals surface area contributed by atoms with Crippen LogP contribution in [0.3, 0.4) is 0 Å². The summed E-state index contributed by atoms with van der Waals surface area (Å²) in [6.45, 7) is 0. The summed E-state index contributed by atoms with van der Waals surface area (Å²) in [5.41, 5.74) is 1.68. The van der Waals surface area contributed by atoms with Crippen molar-refractivity contribution in [2.75, 3.05) is 7.11 Å². The van der Waals surface area contributed by atoms with Gasteiger partial charge >= 0.3 is 5.97 Å². The number of methoxy groups -OCH3 is 1. The number of rotatable bonds is 4. The molecule has 0 aliphatic carbocycles. The van der Waals surface area contributed by atoms with Crippen molar-refractivity contribution in [1.82, 2.24) is 14.6 Å². The van der Waals surface area contributed by atoms with Gasteiger partial charge in [-0.05, 0) is 29.8 Å². The Kier molecular flexibility index (Phi) is 3.27. The maximum Gasteiger partial charge on any atom is 0.352 e. The fraction of sp³-hybridized carbons (Fsp3) is 0.133. The number of carboxylic acid groups (broad SMARTS) is 1. The third kappa shape index (κ3) is 2.43. The van der Waals surface area contributed by atoms with E-state index in [-0.39, 0.29) is 5.69 Å². The molecule has 2 aromatic heterocycles. The quantitative estimate of drug-likeness (QED) is 0.792. The predicted octanol–water partition coefficient (Wildman–Crippen LogP) is 2.03. The molecule has 0 unspecified atom stereocenters. The number of ether oxygens (including phenoxy) is 1. The lowest BCUT2D eigenvalue weighted by molar-refractivity contribution is 0.0688. The number of hydrogen-bond acceptors (Lipinski definition) is 4. The summed E-state index contributed by atoms with van der Waals surface area (Å²) >= 11 is 0. The first-order chi connectivity index (χ1) is 10.2. The Balaban J connectivity index is 2.02. The van der Waals surface area contributed by atoms with Crippen LogP contribution in [0.15, 0.2) is 42.5 Å². The molecule has 0 amide bonds. The van der Waals surface area contributed by atoms with Crippen molar-refractivity contribution in [3.63, 3.8) is 0 Å². The van der Waals surface area contributed by atoms with Crippen LogP contribution in [0.4, 0.5) is 0 Å². The van der Waals surface area contributed by atoms with Gasteiger partial charge in [0.2, 0.25) is 0 Å². The highest BCUT2D eigenvalue weighted by Crippen LogP contribution is 2.16. The zero-order valence-corrected chi connectivity index (χ0v) is 11.4. The minimum absolute atomic E-state index is 0.154. The average molecular weight is 283 g/mol. The van der Waals surface area contributed by atoms with Crippen LogP contribution in [-0.4, -0.2) is 32.8 Å². The Labute approximate surface area is 120 Å². The predicted molar refractivity (Wildman–Crippen MR) is 75.7 cm³/mol. The topological polar surface area (TPSA) is 76.7 Å². The largest absolute Gasteiger partial charge is 0.497 e. The van der Waals surface area contributed by atoms with E-state index in [0.717, 1.165) is 11.3 Å². The number of benzene rings is 1. The molecule has 1 aromatic carbocycles.